The predicted molar refractivity (Wildman–Crippen MR) is 120 cm³/mol. The first-order chi connectivity index (χ1) is 16.0. The Balaban J connectivity index is 1.64. The summed E-state index contributed by atoms with van der Waals surface area (Å²) in [6, 6.07) is 9.24. The van der Waals surface area contributed by atoms with Crippen LogP contribution in [0.25, 0.3) is 0 Å². The molecule has 0 aliphatic carbocycles. The second-order valence-electron chi connectivity index (χ2n) is 7.59. The standard InChI is InChI=1S/C22H17ClF3N5O3/c1-10-14(23)6-3-7-15(10)28-19(33)13-9-16(32)29-18-17(13)20(34)31-21(30-18)27-12-5-2-4-11(8-12)22(24,25)26/h2-8,13H,9H2,1H3,(H,28,33)(H3,27,29,30,31,32,34). The lowest BCUT2D eigenvalue weighted by Gasteiger charge is -2.24. The average Bonchev–Trinajstić information content (AvgIpc) is 2.75. The lowest BCUT2D eigenvalue weighted by molar-refractivity contribution is -0.137. The van der Waals surface area contributed by atoms with Crippen molar-refractivity contribution in [3.63, 3.8) is 0 Å². The van der Waals surface area contributed by atoms with Crippen molar-refractivity contribution in [1.82, 2.24) is 9.97 Å². The number of halogens is 4. The van der Waals surface area contributed by atoms with Crippen molar-refractivity contribution in [2.75, 3.05) is 16.0 Å². The molecule has 1 aliphatic heterocycles. The van der Waals surface area contributed by atoms with Gasteiger partial charge in [-0.2, -0.15) is 18.2 Å². The van der Waals surface area contributed by atoms with Gasteiger partial charge in [0.25, 0.3) is 5.56 Å². The zero-order valence-corrected chi connectivity index (χ0v) is 18.3. The van der Waals surface area contributed by atoms with E-state index in [2.05, 4.69) is 25.9 Å². The van der Waals surface area contributed by atoms with Crippen LogP contribution in [-0.2, 0) is 15.8 Å². The number of carbonyl (C=O) groups is 2. The molecule has 0 saturated heterocycles. The minimum Gasteiger partial charge on any atom is -0.326 e. The zero-order valence-electron chi connectivity index (χ0n) is 17.5. The molecule has 2 amide bonds. The number of anilines is 4. The van der Waals surface area contributed by atoms with Gasteiger partial charge in [-0.05, 0) is 42.8 Å². The van der Waals surface area contributed by atoms with Gasteiger partial charge in [0.2, 0.25) is 17.8 Å². The van der Waals surface area contributed by atoms with Crippen molar-refractivity contribution in [2.24, 2.45) is 0 Å². The molecule has 1 unspecified atom stereocenters. The van der Waals surface area contributed by atoms with Crippen LogP contribution < -0.4 is 21.5 Å². The van der Waals surface area contributed by atoms with Gasteiger partial charge in [-0.3, -0.25) is 19.4 Å². The Kier molecular flexibility index (Phi) is 6.05. The highest BCUT2D eigenvalue weighted by Crippen LogP contribution is 2.33. The fourth-order valence-electron chi connectivity index (χ4n) is 3.53. The van der Waals surface area contributed by atoms with Gasteiger partial charge in [0.15, 0.2) is 0 Å². The van der Waals surface area contributed by atoms with Crippen molar-refractivity contribution in [3.05, 3.63) is 74.5 Å². The maximum atomic E-state index is 13.0. The maximum absolute atomic E-state index is 13.0. The molecular formula is C22H17ClF3N5O3. The van der Waals surface area contributed by atoms with Crippen LogP contribution in [0.1, 0.15) is 29.0 Å². The van der Waals surface area contributed by atoms with E-state index in [1.54, 1.807) is 25.1 Å². The topological polar surface area (TPSA) is 116 Å². The number of H-pyrrole nitrogens is 1. The molecule has 0 spiro atoms. The molecule has 1 aromatic heterocycles. The molecule has 3 aromatic rings. The molecule has 0 bridgehead atoms. The summed E-state index contributed by atoms with van der Waals surface area (Å²) in [4.78, 5) is 44.5. The highest BCUT2D eigenvalue weighted by Gasteiger charge is 2.35. The summed E-state index contributed by atoms with van der Waals surface area (Å²) in [6.45, 7) is 1.71. The molecule has 4 N–H and O–H groups in total. The fraction of sp³-hybridized carbons (Fsp3) is 0.182. The van der Waals surface area contributed by atoms with E-state index in [0.717, 1.165) is 12.1 Å². The molecule has 2 heterocycles. The van der Waals surface area contributed by atoms with E-state index in [1.165, 1.54) is 12.1 Å². The number of fused-ring (bicyclic) bond motifs is 1. The first kappa shape index (κ1) is 23.3. The molecule has 1 aliphatic rings. The Bertz CT molecular complexity index is 1360. The molecule has 1 atom stereocenters. The molecule has 8 nitrogen and oxygen atoms in total. The summed E-state index contributed by atoms with van der Waals surface area (Å²) in [6.07, 6.45) is -4.84. The third-order valence-corrected chi connectivity index (χ3v) is 5.66. The van der Waals surface area contributed by atoms with Crippen LogP contribution in [0.5, 0.6) is 0 Å². The molecule has 0 fully saturated rings. The Morgan fingerprint density at radius 3 is 2.65 bits per heavy atom. The fourth-order valence-corrected chi connectivity index (χ4v) is 3.70. The van der Waals surface area contributed by atoms with Gasteiger partial charge in [-0.25, -0.2) is 0 Å². The van der Waals surface area contributed by atoms with E-state index in [0.29, 0.717) is 16.3 Å². The van der Waals surface area contributed by atoms with Crippen LogP contribution in [0.3, 0.4) is 0 Å². The number of amides is 2. The number of hydrogen-bond acceptors (Lipinski definition) is 5. The van der Waals surface area contributed by atoms with Crippen LogP contribution >= 0.6 is 11.6 Å². The molecule has 0 saturated carbocycles. The second-order valence-corrected chi connectivity index (χ2v) is 7.99. The SMILES string of the molecule is Cc1c(Cl)cccc1NC(=O)C1CC(=O)Nc2nc(Nc3cccc(C(F)(F)F)c3)[nH]c(=O)c21. The van der Waals surface area contributed by atoms with Crippen molar-refractivity contribution < 1.29 is 22.8 Å². The Morgan fingerprint density at radius 1 is 1.18 bits per heavy atom. The third kappa shape index (κ3) is 4.74. The van der Waals surface area contributed by atoms with Crippen LogP contribution in [0.2, 0.25) is 5.02 Å². The van der Waals surface area contributed by atoms with Gasteiger partial charge in [-0.15, -0.1) is 0 Å². The van der Waals surface area contributed by atoms with E-state index in [4.69, 9.17) is 11.6 Å². The quantitative estimate of drug-likeness (QED) is 0.427. The van der Waals surface area contributed by atoms with Gasteiger partial charge < -0.3 is 16.0 Å². The number of aromatic amines is 1. The summed E-state index contributed by atoms with van der Waals surface area (Å²) in [7, 11) is 0. The summed E-state index contributed by atoms with van der Waals surface area (Å²) in [5.74, 6) is -2.64. The normalized spacial score (nSPS) is 15.3. The Labute approximate surface area is 195 Å². The number of benzene rings is 2. The highest BCUT2D eigenvalue weighted by atomic mass is 35.5. The first-order valence-corrected chi connectivity index (χ1v) is 10.3. The molecule has 4 rings (SSSR count). The summed E-state index contributed by atoms with van der Waals surface area (Å²) >= 11 is 6.08. The van der Waals surface area contributed by atoms with E-state index < -0.39 is 35.0 Å². The van der Waals surface area contributed by atoms with Gasteiger partial charge in [0.1, 0.15) is 5.82 Å². The van der Waals surface area contributed by atoms with E-state index in [1.807, 2.05) is 0 Å². The molecule has 0 radical (unpaired) electrons. The number of carbonyl (C=O) groups excluding carboxylic acids is 2. The minimum absolute atomic E-state index is 0.0192. The number of hydrogen-bond donors (Lipinski definition) is 4. The maximum Gasteiger partial charge on any atom is 0.416 e. The van der Waals surface area contributed by atoms with Crippen molar-refractivity contribution >= 4 is 46.6 Å². The number of rotatable bonds is 4. The largest absolute Gasteiger partial charge is 0.416 e. The Hall–Kier alpha value is -3.86. The number of alkyl halides is 3. The minimum atomic E-state index is -4.55. The summed E-state index contributed by atoms with van der Waals surface area (Å²) < 4.78 is 38.9. The van der Waals surface area contributed by atoms with Gasteiger partial charge in [-0.1, -0.05) is 23.7 Å². The molecule has 12 heteroatoms. The van der Waals surface area contributed by atoms with Crippen molar-refractivity contribution in [2.45, 2.75) is 25.4 Å². The lowest BCUT2D eigenvalue weighted by atomic mass is 9.92. The van der Waals surface area contributed by atoms with Crippen molar-refractivity contribution in [3.8, 4) is 0 Å². The highest BCUT2D eigenvalue weighted by molar-refractivity contribution is 6.31. The van der Waals surface area contributed by atoms with E-state index >= 15 is 0 Å². The van der Waals surface area contributed by atoms with Gasteiger partial charge in [0.05, 0.1) is 17.0 Å². The van der Waals surface area contributed by atoms with E-state index in [9.17, 15) is 27.6 Å². The second kappa shape index (κ2) is 8.82. The monoisotopic (exact) mass is 491 g/mol. The number of nitrogens with one attached hydrogen (secondary N) is 4. The first-order valence-electron chi connectivity index (χ1n) is 9.97. The van der Waals surface area contributed by atoms with Crippen molar-refractivity contribution in [1.29, 1.82) is 0 Å². The van der Waals surface area contributed by atoms with Crippen LogP contribution in [-0.4, -0.2) is 21.8 Å². The van der Waals surface area contributed by atoms with E-state index in [-0.39, 0.29) is 29.4 Å². The summed E-state index contributed by atoms with van der Waals surface area (Å²) in [5, 5.41) is 8.14. The smallest absolute Gasteiger partial charge is 0.326 e. The van der Waals surface area contributed by atoms with Crippen LogP contribution in [0.15, 0.2) is 47.3 Å². The van der Waals surface area contributed by atoms with Gasteiger partial charge in [0, 0.05) is 22.8 Å². The molecular weight excluding hydrogens is 475 g/mol. The van der Waals surface area contributed by atoms with Gasteiger partial charge >= 0.3 is 6.18 Å². The van der Waals surface area contributed by atoms with Crippen LogP contribution in [0.4, 0.5) is 36.3 Å². The Morgan fingerprint density at radius 2 is 1.91 bits per heavy atom. The zero-order chi connectivity index (χ0) is 24.6. The molecule has 176 valence electrons. The summed E-state index contributed by atoms with van der Waals surface area (Å²) in [5.41, 5.74) is -0.610. The predicted octanol–water partition coefficient (Wildman–Crippen LogP) is 4.56. The molecule has 34 heavy (non-hydrogen) atoms. The van der Waals surface area contributed by atoms with Crippen LogP contribution in [0, 0.1) is 6.92 Å². The molecule has 2 aromatic carbocycles. The average molecular weight is 492 g/mol. The number of nitrogens with zero attached hydrogens (tertiary/aromatic N) is 1. The lowest BCUT2D eigenvalue weighted by Crippen LogP contribution is -2.36. The third-order valence-electron chi connectivity index (χ3n) is 5.25. The number of aromatic nitrogens is 2.